The maximum atomic E-state index is 12.5. The Labute approximate surface area is 147 Å². The van der Waals surface area contributed by atoms with E-state index >= 15 is 0 Å². The van der Waals surface area contributed by atoms with Crippen LogP contribution in [0.3, 0.4) is 0 Å². The number of amides is 1. The highest BCUT2D eigenvalue weighted by Gasteiger charge is 2.29. The van der Waals surface area contributed by atoms with Crippen molar-refractivity contribution >= 4 is 5.91 Å². The first-order valence-electron chi connectivity index (χ1n) is 8.81. The molecular formula is C19H25N3O3. The van der Waals surface area contributed by atoms with Crippen LogP contribution in [-0.2, 0) is 17.6 Å². The topological polar surface area (TPSA) is 76.2 Å². The fraction of sp³-hybridized carbons (Fsp3) is 0.474. The molecule has 1 aromatic heterocycles. The highest BCUT2D eigenvalue weighted by Crippen LogP contribution is 2.30. The molecule has 6 heteroatoms. The van der Waals surface area contributed by atoms with Crippen molar-refractivity contribution in [3.8, 4) is 5.75 Å². The molecule has 0 radical (unpaired) electrons. The molecule has 2 atom stereocenters. The van der Waals surface area contributed by atoms with Crippen LogP contribution in [0.5, 0.6) is 5.75 Å². The van der Waals surface area contributed by atoms with Gasteiger partial charge in [0.25, 0.3) is 5.91 Å². The lowest BCUT2D eigenvalue weighted by Crippen LogP contribution is -2.29. The van der Waals surface area contributed by atoms with Crippen LogP contribution in [0, 0.1) is 0 Å². The molecule has 0 bridgehead atoms. The number of rotatable bonds is 6. The third kappa shape index (κ3) is 3.85. The average molecular weight is 343 g/mol. The lowest BCUT2D eigenvalue weighted by molar-refractivity contribution is -0.00697. The number of carbonyl (C=O) groups excluding carboxylic acids is 1. The van der Waals surface area contributed by atoms with Crippen molar-refractivity contribution < 1.29 is 14.3 Å². The zero-order valence-corrected chi connectivity index (χ0v) is 15.0. The summed E-state index contributed by atoms with van der Waals surface area (Å²) in [5.74, 6) is 0.726. The van der Waals surface area contributed by atoms with E-state index in [-0.39, 0.29) is 18.1 Å². The molecule has 0 saturated heterocycles. The minimum Gasteiger partial charge on any atom is -0.494 e. The van der Waals surface area contributed by atoms with E-state index in [1.165, 1.54) is 0 Å². The normalized spacial score (nSPS) is 19.3. The monoisotopic (exact) mass is 343 g/mol. The minimum absolute atomic E-state index is 0.0640. The predicted molar refractivity (Wildman–Crippen MR) is 94.9 cm³/mol. The summed E-state index contributed by atoms with van der Waals surface area (Å²) in [5, 5.41) is 10.1. The Balaban J connectivity index is 1.63. The summed E-state index contributed by atoms with van der Waals surface area (Å²) in [5.41, 5.74) is 3.45. The second-order valence-electron chi connectivity index (χ2n) is 6.30. The number of carbonyl (C=O) groups is 1. The zero-order valence-electron chi connectivity index (χ0n) is 15.0. The number of benzene rings is 1. The quantitative estimate of drug-likeness (QED) is 0.846. The molecule has 2 N–H and O–H groups in total. The number of hydrogen-bond acceptors (Lipinski definition) is 4. The van der Waals surface area contributed by atoms with Crippen molar-refractivity contribution in [1.29, 1.82) is 0 Å². The molecule has 0 aliphatic carbocycles. The van der Waals surface area contributed by atoms with Crippen molar-refractivity contribution in [2.45, 2.75) is 45.8 Å². The van der Waals surface area contributed by atoms with Crippen LogP contribution in [0.15, 0.2) is 24.3 Å². The summed E-state index contributed by atoms with van der Waals surface area (Å²) >= 11 is 0. The first-order chi connectivity index (χ1) is 12.1. The molecule has 2 aromatic rings. The van der Waals surface area contributed by atoms with Crippen LogP contribution in [-0.4, -0.2) is 35.4 Å². The lowest BCUT2D eigenvalue weighted by atomic mass is 9.99. The largest absolute Gasteiger partial charge is 0.494 e. The Bertz CT molecular complexity index is 741. The number of H-pyrrole nitrogens is 1. The van der Waals surface area contributed by atoms with E-state index in [1.54, 1.807) is 0 Å². The van der Waals surface area contributed by atoms with Gasteiger partial charge in [-0.05, 0) is 38.8 Å². The van der Waals surface area contributed by atoms with Crippen molar-refractivity contribution in [3.63, 3.8) is 0 Å². The van der Waals surface area contributed by atoms with Gasteiger partial charge >= 0.3 is 0 Å². The molecule has 6 nitrogen and oxygen atoms in total. The first kappa shape index (κ1) is 17.5. The van der Waals surface area contributed by atoms with E-state index in [0.29, 0.717) is 31.7 Å². The van der Waals surface area contributed by atoms with E-state index in [2.05, 4.69) is 15.5 Å². The van der Waals surface area contributed by atoms with E-state index in [1.807, 2.05) is 45.0 Å². The van der Waals surface area contributed by atoms with Gasteiger partial charge < -0.3 is 14.8 Å². The second kappa shape index (κ2) is 7.70. The summed E-state index contributed by atoms with van der Waals surface area (Å²) < 4.78 is 11.4. The van der Waals surface area contributed by atoms with Crippen LogP contribution < -0.4 is 10.1 Å². The summed E-state index contributed by atoms with van der Waals surface area (Å²) in [6, 6.07) is 7.90. The summed E-state index contributed by atoms with van der Waals surface area (Å²) in [6.45, 7) is 7.11. The fourth-order valence-corrected chi connectivity index (χ4v) is 3.26. The standard InChI is InChI=1S/C19H25N3O3/c1-4-24-16-8-6-5-7-14(16)9-10-20-19(23)18-15-11-12(2)25-13(3)17(15)21-22-18/h5-8,12-13H,4,9-11H2,1-3H3,(H,20,23)(H,21,22)/t12-,13+/m0/s1. The molecule has 0 unspecified atom stereocenters. The second-order valence-corrected chi connectivity index (χ2v) is 6.30. The van der Waals surface area contributed by atoms with Crippen molar-refractivity contribution in [2.24, 2.45) is 0 Å². The smallest absolute Gasteiger partial charge is 0.272 e. The Morgan fingerprint density at radius 2 is 2.20 bits per heavy atom. The highest BCUT2D eigenvalue weighted by atomic mass is 16.5. The Morgan fingerprint density at radius 3 is 3.00 bits per heavy atom. The van der Waals surface area contributed by atoms with Gasteiger partial charge in [-0.15, -0.1) is 0 Å². The van der Waals surface area contributed by atoms with Crippen molar-refractivity contribution in [1.82, 2.24) is 15.5 Å². The number of nitrogens with one attached hydrogen (secondary N) is 2. The molecule has 1 aliphatic heterocycles. The summed E-state index contributed by atoms with van der Waals surface area (Å²) in [4.78, 5) is 12.5. The molecule has 1 aromatic carbocycles. The number of para-hydroxylation sites is 1. The van der Waals surface area contributed by atoms with Gasteiger partial charge in [0.2, 0.25) is 0 Å². The van der Waals surface area contributed by atoms with Crippen molar-refractivity contribution in [2.75, 3.05) is 13.2 Å². The molecule has 2 heterocycles. The molecule has 1 amide bonds. The van der Waals surface area contributed by atoms with Crippen LogP contribution in [0.1, 0.15) is 54.2 Å². The van der Waals surface area contributed by atoms with Gasteiger partial charge in [-0.25, -0.2) is 0 Å². The van der Waals surface area contributed by atoms with Crippen LogP contribution >= 0.6 is 0 Å². The molecule has 25 heavy (non-hydrogen) atoms. The predicted octanol–water partition coefficient (Wildman–Crippen LogP) is 2.80. The number of ether oxygens (including phenoxy) is 2. The summed E-state index contributed by atoms with van der Waals surface area (Å²) in [6.07, 6.45) is 1.44. The molecule has 0 fully saturated rings. The van der Waals surface area contributed by atoms with Gasteiger partial charge in [-0.2, -0.15) is 5.10 Å². The first-order valence-corrected chi connectivity index (χ1v) is 8.81. The van der Waals surface area contributed by atoms with Gasteiger partial charge in [-0.1, -0.05) is 18.2 Å². The Morgan fingerprint density at radius 1 is 1.40 bits per heavy atom. The molecule has 1 aliphatic rings. The molecule has 3 rings (SSSR count). The maximum Gasteiger partial charge on any atom is 0.272 e. The Hall–Kier alpha value is -2.34. The van der Waals surface area contributed by atoms with E-state index in [0.717, 1.165) is 22.6 Å². The van der Waals surface area contributed by atoms with E-state index in [9.17, 15) is 4.79 Å². The molecule has 0 saturated carbocycles. The van der Waals surface area contributed by atoms with Gasteiger partial charge in [0, 0.05) is 18.5 Å². The zero-order chi connectivity index (χ0) is 17.8. The van der Waals surface area contributed by atoms with E-state index in [4.69, 9.17) is 9.47 Å². The maximum absolute atomic E-state index is 12.5. The number of aromatic nitrogens is 2. The van der Waals surface area contributed by atoms with Gasteiger partial charge in [0.05, 0.1) is 24.5 Å². The number of nitrogens with zero attached hydrogens (tertiary/aromatic N) is 1. The van der Waals surface area contributed by atoms with Gasteiger partial charge in [0.1, 0.15) is 5.75 Å². The lowest BCUT2D eigenvalue weighted by Gasteiger charge is -2.25. The van der Waals surface area contributed by atoms with E-state index < -0.39 is 0 Å². The molecule has 0 spiro atoms. The van der Waals surface area contributed by atoms with Crippen molar-refractivity contribution in [3.05, 3.63) is 46.8 Å². The third-order valence-corrected chi connectivity index (χ3v) is 4.40. The van der Waals surface area contributed by atoms with Crippen LogP contribution in [0.25, 0.3) is 0 Å². The number of hydrogen-bond donors (Lipinski definition) is 2. The average Bonchev–Trinajstić information content (AvgIpc) is 3.00. The molecular weight excluding hydrogens is 318 g/mol. The van der Waals surface area contributed by atoms with Crippen LogP contribution in [0.4, 0.5) is 0 Å². The van der Waals surface area contributed by atoms with Gasteiger partial charge in [0.15, 0.2) is 5.69 Å². The fourth-order valence-electron chi connectivity index (χ4n) is 3.26. The number of fused-ring (bicyclic) bond motifs is 1. The SMILES string of the molecule is CCOc1ccccc1CCNC(=O)c1n[nH]c2c1C[C@H](C)O[C@@H]2C. The Kier molecular flexibility index (Phi) is 5.38. The minimum atomic E-state index is -0.146. The van der Waals surface area contributed by atoms with Crippen LogP contribution in [0.2, 0.25) is 0 Å². The third-order valence-electron chi connectivity index (χ3n) is 4.40. The molecule has 134 valence electrons. The highest BCUT2D eigenvalue weighted by molar-refractivity contribution is 5.94. The number of aromatic amines is 1. The summed E-state index contributed by atoms with van der Waals surface area (Å²) in [7, 11) is 0. The van der Waals surface area contributed by atoms with Gasteiger partial charge in [-0.3, -0.25) is 9.89 Å².